The number of carbonyl (C=O) groups excluding carboxylic acids is 1. The topological polar surface area (TPSA) is 99.6 Å². The molecule has 2 heterocycles. The average Bonchev–Trinajstić information content (AvgIpc) is 2.92. The van der Waals surface area contributed by atoms with Gasteiger partial charge in [-0.15, -0.1) is 5.10 Å². The minimum absolute atomic E-state index is 0.249. The molecule has 0 saturated carbocycles. The van der Waals surface area contributed by atoms with Crippen LogP contribution < -0.4 is 16.0 Å². The van der Waals surface area contributed by atoms with Gasteiger partial charge in [-0.3, -0.25) is 9.59 Å². The first kappa shape index (κ1) is 15.2. The van der Waals surface area contributed by atoms with E-state index in [0.717, 1.165) is 16.9 Å². The summed E-state index contributed by atoms with van der Waals surface area (Å²) >= 11 is 1.16. The van der Waals surface area contributed by atoms with Crippen LogP contribution in [0.1, 0.15) is 28.5 Å². The molecule has 0 radical (unpaired) electrons. The van der Waals surface area contributed by atoms with E-state index >= 15 is 0 Å². The molecular weight excluding hydrogens is 316 g/mol. The van der Waals surface area contributed by atoms with Crippen LogP contribution in [0.15, 0.2) is 29.1 Å². The van der Waals surface area contributed by atoms with E-state index in [1.54, 1.807) is 18.2 Å². The average molecular weight is 330 g/mol. The molecule has 1 aromatic carbocycles. The van der Waals surface area contributed by atoms with Crippen molar-refractivity contribution < 1.29 is 9.53 Å². The van der Waals surface area contributed by atoms with Crippen LogP contribution >= 0.6 is 11.3 Å². The van der Waals surface area contributed by atoms with Gasteiger partial charge in [0.25, 0.3) is 10.8 Å². The molecule has 3 rings (SSSR count). The van der Waals surface area contributed by atoms with Crippen molar-refractivity contribution in [1.82, 2.24) is 14.6 Å². The number of fused-ring (bicyclic) bond motifs is 1. The van der Waals surface area contributed by atoms with Gasteiger partial charge in [0.15, 0.2) is 0 Å². The maximum Gasteiger partial charge on any atom is 0.299 e. The Morgan fingerprint density at radius 1 is 1.39 bits per heavy atom. The molecule has 0 aliphatic carbocycles. The molecule has 0 fully saturated rings. The van der Waals surface area contributed by atoms with Gasteiger partial charge in [0, 0.05) is 17.3 Å². The highest BCUT2D eigenvalue weighted by atomic mass is 32.1. The number of hydrogen-bond acceptors (Lipinski definition) is 6. The minimum Gasteiger partial charge on any atom is -0.429 e. The van der Waals surface area contributed by atoms with Crippen molar-refractivity contribution in [2.75, 3.05) is 0 Å². The lowest BCUT2D eigenvalue weighted by molar-refractivity contribution is 0.1000. The van der Waals surface area contributed by atoms with Gasteiger partial charge in [0.05, 0.1) is 0 Å². The number of hydrogen-bond donors (Lipinski definition) is 1. The molecular formula is C15H14N4O3S. The Hall–Kier alpha value is -2.74. The predicted octanol–water partition coefficient (Wildman–Crippen LogP) is 1.91. The molecule has 0 aliphatic heterocycles. The molecule has 0 aliphatic rings. The fourth-order valence-electron chi connectivity index (χ4n) is 2.02. The zero-order valence-electron chi connectivity index (χ0n) is 12.6. The van der Waals surface area contributed by atoms with E-state index in [1.165, 1.54) is 10.6 Å². The summed E-state index contributed by atoms with van der Waals surface area (Å²) in [7, 11) is 0. The Labute approximate surface area is 135 Å². The number of benzene rings is 1. The number of amides is 1. The maximum atomic E-state index is 12.0. The highest BCUT2D eigenvalue weighted by Gasteiger charge is 2.12. The van der Waals surface area contributed by atoms with Crippen molar-refractivity contribution in [3.05, 3.63) is 51.4 Å². The smallest absolute Gasteiger partial charge is 0.299 e. The van der Waals surface area contributed by atoms with Gasteiger partial charge >= 0.3 is 0 Å². The van der Waals surface area contributed by atoms with Gasteiger partial charge < -0.3 is 10.5 Å². The van der Waals surface area contributed by atoms with Crippen molar-refractivity contribution in [2.24, 2.45) is 5.73 Å². The van der Waals surface area contributed by atoms with E-state index in [2.05, 4.69) is 10.1 Å². The van der Waals surface area contributed by atoms with E-state index in [1.807, 2.05) is 13.8 Å². The lowest BCUT2D eigenvalue weighted by Gasteiger charge is -2.06. The summed E-state index contributed by atoms with van der Waals surface area (Å²) in [4.78, 5) is 28.1. The first-order valence-electron chi connectivity index (χ1n) is 6.96. The monoisotopic (exact) mass is 330 g/mol. The van der Waals surface area contributed by atoms with Crippen LogP contribution in [0.25, 0.3) is 4.96 Å². The van der Waals surface area contributed by atoms with E-state index in [0.29, 0.717) is 28.4 Å². The van der Waals surface area contributed by atoms with Crippen LogP contribution in [-0.2, 0) is 6.42 Å². The summed E-state index contributed by atoms with van der Waals surface area (Å²) in [5.74, 6) is -0.0752. The second-order valence-electron chi connectivity index (χ2n) is 4.95. The fraction of sp³-hybridized carbons (Fsp3) is 0.200. The minimum atomic E-state index is -0.537. The van der Waals surface area contributed by atoms with Crippen molar-refractivity contribution in [2.45, 2.75) is 20.3 Å². The third kappa shape index (κ3) is 2.93. The highest BCUT2D eigenvalue weighted by Crippen LogP contribution is 2.29. The Bertz CT molecular complexity index is 961. The first-order chi connectivity index (χ1) is 11.0. The predicted molar refractivity (Wildman–Crippen MR) is 86.3 cm³/mol. The summed E-state index contributed by atoms with van der Waals surface area (Å²) in [5, 5.41) is 4.39. The molecule has 1 amide bonds. The maximum absolute atomic E-state index is 12.0. The number of nitrogens with zero attached hydrogens (tertiary/aromatic N) is 3. The number of primary amides is 1. The molecule has 23 heavy (non-hydrogen) atoms. The standard InChI is InChI=1S/C15H14N4O3S/c1-3-10-7-12(20)19-14(17-10)23-15(18-19)22-11-6-9(13(16)21)5-4-8(11)2/h4-7H,3H2,1-2H3,(H2,16,21). The van der Waals surface area contributed by atoms with Gasteiger partial charge in [-0.05, 0) is 42.4 Å². The lowest BCUT2D eigenvalue weighted by Crippen LogP contribution is -2.15. The third-order valence-corrected chi connectivity index (χ3v) is 4.10. The zero-order chi connectivity index (χ0) is 16.6. The molecule has 2 N–H and O–H groups in total. The molecule has 0 unspecified atom stereocenters. The van der Waals surface area contributed by atoms with Crippen molar-refractivity contribution in [1.29, 1.82) is 0 Å². The molecule has 0 bridgehead atoms. The molecule has 0 spiro atoms. The number of rotatable bonds is 4. The summed E-state index contributed by atoms with van der Waals surface area (Å²) in [6.45, 7) is 3.77. The molecule has 0 saturated heterocycles. The van der Waals surface area contributed by atoms with Crippen LogP contribution in [0, 0.1) is 6.92 Å². The highest BCUT2D eigenvalue weighted by molar-refractivity contribution is 7.18. The number of carbonyl (C=O) groups is 1. The number of nitrogens with two attached hydrogens (primary N) is 1. The van der Waals surface area contributed by atoms with Crippen LogP contribution in [0.4, 0.5) is 0 Å². The van der Waals surface area contributed by atoms with Crippen LogP contribution in [-0.4, -0.2) is 20.5 Å². The van der Waals surface area contributed by atoms with E-state index in [4.69, 9.17) is 10.5 Å². The van der Waals surface area contributed by atoms with E-state index in [9.17, 15) is 9.59 Å². The van der Waals surface area contributed by atoms with Crippen LogP contribution in [0.3, 0.4) is 0 Å². The van der Waals surface area contributed by atoms with Crippen molar-refractivity contribution in [3.63, 3.8) is 0 Å². The van der Waals surface area contributed by atoms with Gasteiger partial charge in [-0.25, -0.2) is 4.98 Å². The summed E-state index contributed by atoms with van der Waals surface area (Å²) in [5.41, 5.74) is 6.90. The second kappa shape index (κ2) is 5.81. The molecule has 7 nitrogen and oxygen atoms in total. The fourth-order valence-corrected chi connectivity index (χ4v) is 2.81. The Morgan fingerprint density at radius 3 is 2.87 bits per heavy atom. The molecule has 2 aromatic heterocycles. The molecule has 8 heteroatoms. The molecule has 118 valence electrons. The number of ether oxygens (including phenoxy) is 1. The van der Waals surface area contributed by atoms with Crippen molar-refractivity contribution in [3.8, 4) is 10.9 Å². The van der Waals surface area contributed by atoms with E-state index in [-0.39, 0.29) is 10.8 Å². The van der Waals surface area contributed by atoms with Gasteiger partial charge in [-0.2, -0.15) is 4.52 Å². The SMILES string of the molecule is CCc1cc(=O)n2nc(Oc3cc(C(N)=O)ccc3C)sc2n1. The van der Waals surface area contributed by atoms with E-state index < -0.39 is 5.91 Å². The second-order valence-corrected chi connectivity index (χ2v) is 5.87. The molecule has 3 aromatic rings. The normalized spacial score (nSPS) is 10.9. The molecule has 0 atom stereocenters. The third-order valence-electron chi connectivity index (χ3n) is 3.31. The summed E-state index contributed by atoms with van der Waals surface area (Å²) in [6, 6.07) is 6.37. The van der Waals surface area contributed by atoms with Crippen LogP contribution in [0.5, 0.6) is 10.9 Å². The summed E-state index contributed by atoms with van der Waals surface area (Å²) in [6.07, 6.45) is 0.666. The first-order valence-corrected chi connectivity index (χ1v) is 7.77. The van der Waals surface area contributed by atoms with Crippen LogP contribution in [0.2, 0.25) is 0 Å². The Balaban J connectivity index is 2.02. The Kier molecular flexibility index (Phi) is 3.83. The van der Waals surface area contributed by atoms with Gasteiger partial charge in [0.2, 0.25) is 10.9 Å². The largest absolute Gasteiger partial charge is 0.429 e. The number of aromatic nitrogens is 3. The number of aryl methyl sites for hydroxylation is 2. The summed E-state index contributed by atoms with van der Waals surface area (Å²) < 4.78 is 6.91. The van der Waals surface area contributed by atoms with Crippen molar-refractivity contribution >= 4 is 22.2 Å². The van der Waals surface area contributed by atoms with Gasteiger partial charge in [0.1, 0.15) is 5.75 Å². The quantitative estimate of drug-likeness (QED) is 0.787. The van der Waals surface area contributed by atoms with Gasteiger partial charge in [-0.1, -0.05) is 13.0 Å². The zero-order valence-corrected chi connectivity index (χ0v) is 13.4. The Morgan fingerprint density at radius 2 is 2.17 bits per heavy atom. The lowest BCUT2D eigenvalue weighted by atomic mass is 10.1.